The van der Waals surface area contributed by atoms with Gasteiger partial charge in [0.1, 0.15) is 11.9 Å². The number of halogens is 1. The van der Waals surface area contributed by atoms with E-state index in [0.717, 1.165) is 4.90 Å². The summed E-state index contributed by atoms with van der Waals surface area (Å²) in [5.41, 5.74) is 0.469. The van der Waals surface area contributed by atoms with Crippen molar-refractivity contribution in [2.45, 2.75) is 38.6 Å². The summed E-state index contributed by atoms with van der Waals surface area (Å²) in [6.07, 6.45) is 0.126. The minimum absolute atomic E-state index is 0.0490. The topological polar surface area (TPSA) is 95.6 Å². The van der Waals surface area contributed by atoms with Gasteiger partial charge in [0.25, 0.3) is 11.8 Å². The van der Waals surface area contributed by atoms with Crippen molar-refractivity contribution in [1.29, 1.82) is 0 Å². The van der Waals surface area contributed by atoms with E-state index in [1.807, 2.05) is 13.8 Å². The van der Waals surface area contributed by atoms with Crippen molar-refractivity contribution >= 4 is 23.6 Å². The second-order valence-electron chi connectivity index (χ2n) is 7.97. The van der Waals surface area contributed by atoms with Crippen LogP contribution in [-0.2, 0) is 9.59 Å². The predicted molar refractivity (Wildman–Crippen MR) is 97.0 cm³/mol. The summed E-state index contributed by atoms with van der Waals surface area (Å²) < 4.78 is 14.9. The summed E-state index contributed by atoms with van der Waals surface area (Å²) in [4.78, 5) is 50.7. The van der Waals surface area contributed by atoms with Crippen LogP contribution < -0.4 is 10.6 Å². The van der Waals surface area contributed by atoms with Gasteiger partial charge in [0.05, 0.1) is 11.1 Å². The SMILES string of the molecule is CC1CNCC(C)C1c1c(F)ccc2c1C(=O)N(C1CCC(=O)NC1=O)C2=O. The van der Waals surface area contributed by atoms with Gasteiger partial charge in [-0.05, 0) is 49.4 Å². The van der Waals surface area contributed by atoms with Crippen LogP contribution in [0.2, 0.25) is 0 Å². The van der Waals surface area contributed by atoms with Gasteiger partial charge in [-0.25, -0.2) is 4.39 Å². The van der Waals surface area contributed by atoms with Crippen LogP contribution in [0.15, 0.2) is 12.1 Å². The van der Waals surface area contributed by atoms with Crippen molar-refractivity contribution in [3.05, 3.63) is 34.6 Å². The van der Waals surface area contributed by atoms with E-state index in [2.05, 4.69) is 10.6 Å². The molecule has 3 atom stereocenters. The first kappa shape index (κ1) is 18.7. The summed E-state index contributed by atoms with van der Waals surface area (Å²) in [7, 11) is 0. The molecule has 0 aliphatic carbocycles. The first-order chi connectivity index (χ1) is 13.3. The molecule has 2 N–H and O–H groups in total. The number of fused-ring (bicyclic) bond motifs is 1. The van der Waals surface area contributed by atoms with E-state index >= 15 is 0 Å². The Kier molecular flexibility index (Phi) is 4.53. The van der Waals surface area contributed by atoms with Crippen molar-refractivity contribution < 1.29 is 23.6 Å². The quantitative estimate of drug-likeness (QED) is 0.743. The molecule has 28 heavy (non-hydrogen) atoms. The first-order valence-corrected chi connectivity index (χ1v) is 9.56. The Morgan fingerprint density at radius 1 is 1.04 bits per heavy atom. The number of nitrogens with zero attached hydrogens (tertiary/aromatic N) is 1. The maximum Gasteiger partial charge on any atom is 0.262 e. The molecule has 7 nitrogen and oxygen atoms in total. The van der Waals surface area contributed by atoms with E-state index < -0.39 is 35.5 Å². The van der Waals surface area contributed by atoms with Crippen molar-refractivity contribution in [3.63, 3.8) is 0 Å². The number of piperidine rings is 2. The summed E-state index contributed by atoms with van der Waals surface area (Å²) in [5, 5.41) is 5.46. The highest BCUT2D eigenvalue weighted by Crippen LogP contribution is 2.41. The Hall–Kier alpha value is -2.61. The molecule has 3 aliphatic rings. The second-order valence-corrected chi connectivity index (χ2v) is 7.97. The lowest BCUT2D eigenvalue weighted by Gasteiger charge is -2.36. The molecule has 1 aromatic rings. The van der Waals surface area contributed by atoms with E-state index in [1.165, 1.54) is 12.1 Å². The zero-order chi connectivity index (χ0) is 20.2. The van der Waals surface area contributed by atoms with Gasteiger partial charge in [-0.15, -0.1) is 0 Å². The van der Waals surface area contributed by atoms with Crippen LogP contribution in [0.25, 0.3) is 0 Å². The molecule has 0 radical (unpaired) electrons. The fourth-order valence-electron chi connectivity index (χ4n) is 4.81. The van der Waals surface area contributed by atoms with Crippen molar-refractivity contribution in [1.82, 2.24) is 15.5 Å². The van der Waals surface area contributed by atoms with E-state index in [1.54, 1.807) is 0 Å². The van der Waals surface area contributed by atoms with E-state index in [-0.39, 0.29) is 47.3 Å². The molecule has 8 heteroatoms. The lowest BCUT2D eigenvalue weighted by atomic mass is 9.73. The Bertz CT molecular complexity index is 890. The van der Waals surface area contributed by atoms with Crippen LogP contribution in [0.4, 0.5) is 4.39 Å². The number of rotatable bonds is 2. The smallest absolute Gasteiger partial charge is 0.262 e. The summed E-state index contributed by atoms with van der Waals surface area (Å²) >= 11 is 0. The fourth-order valence-corrected chi connectivity index (χ4v) is 4.81. The Morgan fingerprint density at radius 3 is 2.36 bits per heavy atom. The molecule has 3 aliphatic heterocycles. The van der Waals surface area contributed by atoms with Crippen molar-refractivity contribution in [3.8, 4) is 0 Å². The van der Waals surface area contributed by atoms with Gasteiger partial charge in [-0.2, -0.15) is 0 Å². The van der Waals surface area contributed by atoms with Crippen LogP contribution in [0.5, 0.6) is 0 Å². The van der Waals surface area contributed by atoms with Crippen molar-refractivity contribution in [2.75, 3.05) is 13.1 Å². The third-order valence-electron chi connectivity index (χ3n) is 6.09. The maximum absolute atomic E-state index is 14.9. The largest absolute Gasteiger partial charge is 0.316 e. The number of imide groups is 2. The summed E-state index contributed by atoms with van der Waals surface area (Å²) in [6.45, 7) is 5.37. The first-order valence-electron chi connectivity index (χ1n) is 9.56. The molecule has 1 aromatic carbocycles. The van der Waals surface area contributed by atoms with Gasteiger partial charge in [-0.3, -0.25) is 29.4 Å². The molecule has 3 heterocycles. The molecular weight excluding hydrogens is 365 g/mol. The number of carbonyl (C=O) groups excluding carboxylic acids is 4. The molecule has 148 valence electrons. The molecule has 3 unspecified atom stereocenters. The number of hydrogen-bond donors (Lipinski definition) is 2. The number of amides is 4. The van der Waals surface area contributed by atoms with Crippen LogP contribution in [-0.4, -0.2) is 47.7 Å². The van der Waals surface area contributed by atoms with Gasteiger partial charge in [-0.1, -0.05) is 13.8 Å². The molecule has 0 saturated carbocycles. The third-order valence-corrected chi connectivity index (χ3v) is 6.09. The number of hydrogen-bond acceptors (Lipinski definition) is 5. The number of nitrogens with one attached hydrogen (secondary N) is 2. The average molecular weight is 387 g/mol. The minimum Gasteiger partial charge on any atom is -0.316 e. The van der Waals surface area contributed by atoms with E-state index in [9.17, 15) is 23.6 Å². The van der Waals surface area contributed by atoms with Gasteiger partial charge in [0, 0.05) is 12.0 Å². The van der Waals surface area contributed by atoms with E-state index in [4.69, 9.17) is 0 Å². The highest BCUT2D eigenvalue weighted by Gasteiger charge is 2.47. The van der Waals surface area contributed by atoms with Crippen LogP contribution in [0, 0.1) is 17.7 Å². The molecule has 4 rings (SSSR count). The molecule has 0 bridgehead atoms. The monoisotopic (exact) mass is 387 g/mol. The fraction of sp³-hybridized carbons (Fsp3) is 0.500. The molecule has 2 saturated heterocycles. The van der Waals surface area contributed by atoms with Crippen molar-refractivity contribution in [2.24, 2.45) is 11.8 Å². The summed E-state index contributed by atoms with van der Waals surface area (Å²) in [5.74, 6) is -2.91. The number of carbonyl (C=O) groups is 4. The molecule has 2 fully saturated rings. The van der Waals surface area contributed by atoms with Crippen LogP contribution >= 0.6 is 0 Å². The van der Waals surface area contributed by atoms with Crippen LogP contribution in [0.1, 0.15) is 58.9 Å². The van der Waals surface area contributed by atoms with E-state index in [0.29, 0.717) is 13.1 Å². The van der Waals surface area contributed by atoms with Gasteiger partial charge in [0.15, 0.2) is 0 Å². The maximum atomic E-state index is 14.9. The van der Waals surface area contributed by atoms with Gasteiger partial charge < -0.3 is 5.32 Å². The van der Waals surface area contributed by atoms with Gasteiger partial charge >= 0.3 is 0 Å². The standard InChI is InChI=1S/C20H22FN3O4/c1-9-7-22-8-10(2)15(9)17-12(21)4-3-11-16(17)20(28)24(19(11)27)13-5-6-14(25)23-18(13)26/h3-4,9-10,13,15,22H,5-8H2,1-2H3,(H,23,25,26). The third kappa shape index (κ3) is 2.74. The lowest BCUT2D eigenvalue weighted by Crippen LogP contribution is -2.54. The molecule has 0 spiro atoms. The molecular formula is C20H22FN3O4. The normalized spacial score (nSPS) is 30.5. The Balaban J connectivity index is 1.79. The highest BCUT2D eigenvalue weighted by atomic mass is 19.1. The zero-order valence-corrected chi connectivity index (χ0v) is 15.8. The van der Waals surface area contributed by atoms with Crippen LogP contribution in [0.3, 0.4) is 0 Å². The Labute approximate surface area is 161 Å². The zero-order valence-electron chi connectivity index (χ0n) is 15.8. The summed E-state index contributed by atoms with van der Waals surface area (Å²) in [6, 6.07) is 1.50. The molecule has 4 amide bonds. The highest BCUT2D eigenvalue weighted by molar-refractivity contribution is 6.24. The second kappa shape index (κ2) is 6.77. The van der Waals surface area contributed by atoms with Gasteiger partial charge in [0.2, 0.25) is 11.8 Å². The Morgan fingerprint density at radius 2 is 1.71 bits per heavy atom. The minimum atomic E-state index is -1.05. The number of benzene rings is 1. The predicted octanol–water partition coefficient (Wildman–Crippen LogP) is 1.19. The lowest BCUT2D eigenvalue weighted by molar-refractivity contribution is -0.136. The average Bonchev–Trinajstić information content (AvgIpc) is 2.88. The molecule has 0 aromatic heterocycles.